The van der Waals surface area contributed by atoms with Crippen LogP contribution < -0.4 is 16.4 Å². The molecular formula is C25H13BN2. The Morgan fingerprint density at radius 3 is 2.46 bits per heavy atom. The van der Waals surface area contributed by atoms with Crippen LogP contribution in [0, 0.1) is 11.3 Å². The van der Waals surface area contributed by atoms with Gasteiger partial charge in [-0.15, -0.1) is 0 Å². The molecule has 0 N–H and O–H groups in total. The van der Waals surface area contributed by atoms with Crippen molar-refractivity contribution in [2.45, 2.75) is 0 Å². The molecule has 2 nitrogen and oxygen atoms in total. The average Bonchev–Trinajstić information content (AvgIpc) is 3.28. The first-order valence-electron chi connectivity index (χ1n) is 9.57. The van der Waals surface area contributed by atoms with E-state index < -0.39 is 0 Å². The summed E-state index contributed by atoms with van der Waals surface area (Å²) in [6.45, 7) is 0.190. The van der Waals surface area contributed by atoms with Crippen molar-refractivity contribution in [2.24, 2.45) is 0 Å². The first-order valence-corrected chi connectivity index (χ1v) is 9.57. The fourth-order valence-corrected chi connectivity index (χ4v) is 5.46. The second kappa shape index (κ2) is 4.74. The largest absolute Gasteiger partial charge is 0.310 e. The molecule has 0 bridgehead atoms. The summed E-state index contributed by atoms with van der Waals surface area (Å²) in [6.07, 6.45) is 0. The number of hydrogen-bond acceptors (Lipinski definition) is 1. The topological polar surface area (TPSA) is 28.7 Å². The highest BCUT2D eigenvalue weighted by atomic mass is 15.0. The number of nitriles is 1. The minimum Gasteiger partial charge on any atom is -0.310 e. The maximum Gasteiger partial charge on any atom is 0.248 e. The molecule has 0 atom stereocenters. The van der Waals surface area contributed by atoms with Gasteiger partial charge in [-0.3, -0.25) is 0 Å². The Balaban J connectivity index is 1.79. The van der Waals surface area contributed by atoms with Gasteiger partial charge in [-0.25, -0.2) is 0 Å². The van der Waals surface area contributed by atoms with Crippen molar-refractivity contribution < 1.29 is 0 Å². The summed E-state index contributed by atoms with van der Waals surface area (Å²) in [4.78, 5) is 0. The van der Waals surface area contributed by atoms with Crippen molar-refractivity contribution in [3.8, 4) is 22.9 Å². The number of rotatable bonds is 0. The second-order valence-corrected chi connectivity index (χ2v) is 7.65. The minimum atomic E-state index is 0.190. The van der Waals surface area contributed by atoms with Crippen LogP contribution in [-0.2, 0) is 0 Å². The van der Waals surface area contributed by atoms with Gasteiger partial charge in [0.25, 0.3) is 0 Å². The lowest BCUT2D eigenvalue weighted by molar-refractivity contribution is 1.19. The van der Waals surface area contributed by atoms with Crippen molar-refractivity contribution in [3.05, 3.63) is 84.4 Å². The summed E-state index contributed by atoms with van der Waals surface area (Å²) in [5, 5.41) is 12.4. The Bertz CT molecular complexity index is 1530. The molecule has 0 aliphatic carbocycles. The summed E-state index contributed by atoms with van der Waals surface area (Å²) < 4.78 is 2.41. The second-order valence-electron chi connectivity index (χ2n) is 7.65. The number of benzene rings is 4. The minimum absolute atomic E-state index is 0.190. The number of para-hydroxylation sites is 2. The van der Waals surface area contributed by atoms with E-state index in [0.29, 0.717) is 0 Å². The molecule has 0 saturated heterocycles. The zero-order valence-corrected chi connectivity index (χ0v) is 15.0. The molecule has 1 aromatic heterocycles. The molecule has 0 unspecified atom stereocenters. The Morgan fingerprint density at radius 1 is 0.750 bits per heavy atom. The highest BCUT2D eigenvalue weighted by Gasteiger charge is 2.41. The molecule has 28 heavy (non-hydrogen) atoms. The van der Waals surface area contributed by atoms with E-state index in [1.165, 1.54) is 49.4 Å². The zero-order valence-electron chi connectivity index (χ0n) is 15.0. The van der Waals surface area contributed by atoms with E-state index in [0.717, 1.165) is 11.1 Å². The molecule has 3 heteroatoms. The molecule has 0 saturated carbocycles. The molecule has 0 radical (unpaired) electrons. The monoisotopic (exact) mass is 352 g/mol. The lowest BCUT2D eigenvalue weighted by atomic mass is 9.37. The van der Waals surface area contributed by atoms with E-state index in [-0.39, 0.29) is 6.71 Å². The first kappa shape index (κ1) is 14.3. The van der Waals surface area contributed by atoms with E-state index in [1.54, 1.807) is 0 Å². The zero-order chi connectivity index (χ0) is 18.4. The van der Waals surface area contributed by atoms with Crippen LogP contribution in [-0.4, -0.2) is 11.3 Å². The third kappa shape index (κ3) is 1.45. The van der Waals surface area contributed by atoms with Gasteiger partial charge in [0.15, 0.2) is 0 Å². The maximum atomic E-state index is 9.82. The van der Waals surface area contributed by atoms with E-state index in [2.05, 4.69) is 83.4 Å². The van der Waals surface area contributed by atoms with Gasteiger partial charge in [0, 0.05) is 22.0 Å². The molecule has 0 spiro atoms. The lowest BCUT2D eigenvalue weighted by Crippen LogP contribution is -2.53. The maximum absolute atomic E-state index is 9.82. The van der Waals surface area contributed by atoms with E-state index in [1.807, 2.05) is 6.07 Å². The number of fused-ring (bicyclic) bond motifs is 8. The fourth-order valence-electron chi connectivity index (χ4n) is 5.46. The van der Waals surface area contributed by atoms with Crippen molar-refractivity contribution in [3.63, 3.8) is 0 Å². The standard InChI is InChI=1S/C25H13BN2/c27-14-15-12-13-22-24-23(15)18-7-1-3-9-19(18)26(24)20-10-5-8-17-16-6-2-4-11-21(16)28(22)25(17)20/h1-13H. The van der Waals surface area contributed by atoms with Crippen LogP contribution in [0.2, 0.25) is 0 Å². The third-order valence-corrected chi connectivity index (χ3v) is 6.45. The van der Waals surface area contributed by atoms with Gasteiger partial charge in [-0.2, -0.15) is 5.26 Å². The van der Waals surface area contributed by atoms with Gasteiger partial charge >= 0.3 is 0 Å². The van der Waals surface area contributed by atoms with Crippen LogP contribution >= 0.6 is 0 Å². The van der Waals surface area contributed by atoms with Gasteiger partial charge in [0.1, 0.15) is 0 Å². The smallest absolute Gasteiger partial charge is 0.248 e. The van der Waals surface area contributed by atoms with Crippen molar-refractivity contribution >= 4 is 44.9 Å². The predicted molar refractivity (Wildman–Crippen MR) is 116 cm³/mol. The normalized spacial score (nSPS) is 12.9. The lowest BCUT2D eigenvalue weighted by Gasteiger charge is -2.24. The summed E-state index contributed by atoms with van der Waals surface area (Å²) in [5.41, 5.74) is 10.7. The fraction of sp³-hybridized carbons (Fsp3) is 0. The molecule has 2 aliphatic rings. The molecule has 0 fully saturated rings. The van der Waals surface area contributed by atoms with E-state index in [4.69, 9.17) is 0 Å². The van der Waals surface area contributed by atoms with Gasteiger partial charge in [0.05, 0.1) is 17.1 Å². The number of aromatic nitrogens is 1. The first-order chi connectivity index (χ1) is 13.9. The predicted octanol–water partition coefficient (Wildman–Crippen LogP) is 3.47. The summed E-state index contributed by atoms with van der Waals surface area (Å²) in [7, 11) is 0. The van der Waals surface area contributed by atoms with E-state index in [9.17, 15) is 5.26 Å². The van der Waals surface area contributed by atoms with Crippen LogP contribution in [0.15, 0.2) is 78.9 Å². The van der Waals surface area contributed by atoms with Crippen LogP contribution in [0.3, 0.4) is 0 Å². The van der Waals surface area contributed by atoms with Crippen molar-refractivity contribution in [2.75, 3.05) is 0 Å². The quantitative estimate of drug-likeness (QED) is 0.384. The summed E-state index contributed by atoms with van der Waals surface area (Å²) in [5.74, 6) is 0. The highest BCUT2D eigenvalue weighted by molar-refractivity contribution is 7.01. The van der Waals surface area contributed by atoms with Crippen molar-refractivity contribution in [1.29, 1.82) is 5.26 Å². The Morgan fingerprint density at radius 2 is 1.54 bits per heavy atom. The summed E-state index contributed by atoms with van der Waals surface area (Å²) >= 11 is 0. The van der Waals surface area contributed by atoms with Gasteiger partial charge in [0.2, 0.25) is 6.71 Å². The molecule has 5 aromatic rings. The third-order valence-electron chi connectivity index (χ3n) is 6.45. The Hall–Kier alpha value is -3.77. The van der Waals surface area contributed by atoms with Crippen LogP contribution in [0.1, 0.15) is 5.56 Å². The molecule has 126 valence electrons. The number of nitrogens with zero attached hydrogens (tertiary/aromatic N) is 2. The number of hydrogen-bond donors (Lipinski definition) is 0. The molecule has 0 amide bonds. The average molecular weight is 352 g/mol. The van der Waals surface area contributed by atoms with Crippen molar-refractivity contribution in [1.82, 2.24) is 4.57 Å². The SMILES string of the molecule is N#Cc1ccc2c3c1-c1ccccc1B3c1cccc3c4ccccc4n-2c13. The Labute approximate surface area is 162 Å². The van der Waals surface area contributed by atoms with Crippen LogP contribution in [0.25, 0.3) is 38.6 Å². The molecule has 4 aromatic carbocycles. The van der Waals surface area contributed by atoms with Gasteiger partial charge < -0.3 is 4.57 Å². The van der Waals surface area contributed by atoms with E-state index >= 15 is 0 Å². The van der Waals surface area contributed by atoms with Gasteiger partial charge in [-0.1, -0.05) is 66.1 Å². The molecule has 2 aliphatic heterocycles. The Kier molecular flexibility index (Phi) is 2.42. The molecule has 7 rings (SSSR count). The van der Waals surface area contributed by atoms with Gasteiger partial charge in [-0.05, 0) is 40.3 Å². The highest BCUT2D eigenvalue weighted by Crippen LogP contribution is 2.37. The molecular weight excluding hydrogens is 339 g/mol. The van der Waals surface area contributed by atoms with Crippen LogP contribution in [0.4, 0.5) is 0 Å². The van der Waals surface area contributed by atoms with Crippen LogP contribution in [0.5, 0.6) is 0 Å². The molecule has 3 heterocycles. The summed E-state index contributed by atoms with van der Waals surface area (Å²) in [6, 6.07) is 30.4.